The van der Waals surface area contributed by atoms with E-state index in [4.69, 9.17) is 14.2 Å². The van der Waals surface area contributed by atoms with Gasteiger partial charge < -0.3 is 18.8 Å². The number of non-ortho nitro benzene ring substituents is 1. The maximum atomic E-state index is 13.1. The average molecular weight is 470 g/mol. The van der Waals surface area contributed by atoms with Crippen LogP contribution in [-0.4, -0.2) is 22.4 Å². The van der Waals surface area contributed by atoms with Crippen LogP contribution in [0, 0.1) is 17.0 Å². The molecule has 0 atom stereocenters. The number of benzene rings is 3. The first-order chi connectivity index (χ1) is 16.8. The number of carbonyl (C=O) groups is 1. The van der Waals surface area contributed by atoms with E-state index in [-0.39, 0.29) is 23.8 Å². The van der Waals surface area contributed by atoms with E-state index in [1.54, 1.807) is 37.5 Å². The van der Waals surface area contributed by atoms with Crippen molar-refractivity contribution in [3.05, 3.63) is 98.9 Å². The molecule has 0 amide bonds. The Morgan fingerprint density at radius 1 is 1.09 bits per heavy atom. The van der Waals surface area contributed by atoms with Crippen molar-refractivity contribution in [2.45, 2.75) is 13.5 Å². The monoisotopic (exact) mass is 470 g/mol. The lowest BCUT2D eigenvalue weighted by Gasteiger charge is -2.09. The molecule has 0 saturated carbocycles. The van der Waals surface area contributed by atoms with Crippen molar-refractivity contribution < 1.29 is 23.9 Å². The molecule has 0 radical (unpaired) electrons. The van der Waals surface area contributed by atoms with Gasteiger partial charge in [-0.15, -0.1) is 0 Å². The molecule has 1 aromatic heterocycles. The third-order valence-corrected chi connectivity index (χ3v) is 6.01. The van der Waals surface area contributed by atoms with Crippen LogP contribution in [0.2, 0.25) is 0 Å². The number of allylic oxidation sites excluding steroid dienone is 1. The number of fused-ring (bicyclic) bond motifs is 2. The molecule has 4 aromatic rings. The molecule has 0 bridgehead atoms. The standard InChI is InChI=1S/C27H22N2O6/c1-16-10-21(34-15-17-4-6-19(7-5-17)29(31)32)13-24-26(16)27(30)25(35-24)11-18-14-28(2)23-9-8-20(33-3)12-22(18)23/h4-14H,15H2,1-3H3/b25-11-. The Balaban J connectivity index is 1.40. The second-order valence-electron chi connectivity index (χ2n) is 8.34. The fourth-order valence-electron chi connectivity index (χ4n) is 4.23. The van der Waals surface area contributed by atoms with Gasteiger partial charge >= 0.3 is 0 Å². The van der Waals surface area contributed by atoms with Gasteiger partial charge in [0.15, 0.2) is 5.76 Å². The van der Waals surface area contributed by atoms with E-state index in [1.165, 1.54) is 12.1 Å². The van der Waals surface area contributed by atoms with Gasteiger partial charge in [0.1, 0.15) is 23.9 Å². The van der Waals surface area contributed by atoms with E-state index < -0.39 is 4.92 Å². The minimum absolute atomic E-state index is 0.0259. The molecular formula is C27H22N2O6. The number of aromatic nitrogens is 1. The summed E-state index contributed by atoms with van der Waals surface area (Å²) in [4.78, 5) is 23.5. The molecule has 0 saturated heterocycles. The predicted octanol–water partition coefficient (Wildman–Crippen LogP) is 5.60. The zero-order valence-corrected chi connectivity index (χ0v) is 19.4. The number of nitro benzene ring substituents is 1. The van der Waals surface area contributed by atoms with Gasteiger partial charge in [-0.2, -0.15) is 0 Å². The number of nitro groups is 1. The topological polar surface area (TPSA) is 92.8 Å². The molecular weight excluding hydrogens is 448 g/mol. The summed E-state index contributed by atoms with van der Waals surface area (Å²) in [6, 6.07) is 15.5. The molecule has 0 spiro atoms. The van der Waals surface area contributed by atoms with E-state index in [9.17, 15) is 14.9 Å². The van der Waals surface area contributed by atoms with Crippen molar-refractivity contribution in [2.24, 2.45) is 7.05 Å². The zero-order chi connectivity index (χ0) is 24.7. The highest BCUT2D eigenvalue weighted by Gasteiger charge is 2.30. The second kappa shape index (κ2) is 8.64. The van der Waals surface area contributed by atoms with Crippen LogP contribution in [0.25, 0.3) is 17.0 Å². The largest absolute Gasteiger partial charge is 0.497 e. The van der Waals surface area contributed by atoms with Crippen LogP contribution in [-0.2, 0) is 13.7 Å². The summed E-state index contributed by atoms with van der Waals surface area (Å²) in [5, 5.41) is 11.8. The Hall–Kier alpha value is -4.59. The van der Waals surface area contributed by atoms with Gasteiger partial charge in [-0.05, 0) is 60.5 Å². The minimum Gasteiger partial charge on any atom is -0.497 e. The van der Waals surface area contributed by atoms with Crippen LogP contribution in [0.15, 0.2) is 66.6 Å². The number of carbonyl (C=O) groups excluding carboxylic acids is 1. The lowest BCUT2D eigenvalue weighted by molar-refractivity contribution is -0.384. The van der Waals surface area contributed by atoms with Gasteiger partial charge in [-0.3, -0.25) is 14.9 Å². The molecule has 35 heavy (non-hydrogen) atoms. The number of aryl methyl sites for hydroxylation is 2. The zero-order valence-electron chi connectivity index (χ0n) is 19.4. The van der Waals surface area contributed by atoms with Crippen molar-refractivity contribution in [2.75, 3.05) is 7.11 Å². The summed E-state index contributed by atoms with van der Waals surface area (Å²) in [6.45, 7) is 2.06. The summed E-state index contributed by atoms with van der Waals surface area (Å²) in [6.07, 6.45) is 3.70. The highest BCUT2D eigenvalue weighted by atomic mass is 16.6. The number of nitrogens with zero attached hydrogens (tertiary/aromatic N) is 2. The summed E-state index contributed by atoms with van der Waals surface area (Å²) >= 11 is 0. The molecule has 0 N–H and O–H groups in total. The Bertz CT molecular complexity index is 1520. The molecule has 0 unspecified atom stereocenters. The Morgan fingerprint density at radius 2 is 1.86 bits per heavy atom. The van der Waals surface area contributed by atoms with Crippen LogP contribution >= 0.6 is 0 Å². The van der Waals surface area contributed by atoms with Gasteiger partial charge in [0.05, 0.1) is 17.6 Å². The van der Waals surface area contributed by atoms with Crippen LogP contribution in [0.1, 0.15) is 27.0 Å². The fourth-order valence-corrected chi connectivity index (χ4v) is 4.23. The number of ether oxygens (including phenoxy) is 3. The quantitative estimate of drug-likeness (QED) is 0.207. The normalized spacial score (nSPS) is 13.7. The fraction of sp³-hybridized carbons (Fsp3) is 0.148. The van der Waals surface area contributed by atoms with E-state index in [0.29, 0.717) is 17.1 Å². The average Bonchev–Trinajstić information content (AvgIpc) is 3.33. The molecule has 0 aliphatic carbocycles. The maximum Gasteiger partial charge on any atom is 0.269 e. The highest BCUT2D eigenvalue weighted by Crippen LogP contribution is 2.38. The van der Waals surface area contributed by atoms with Gasteiger partial charge in [0, 0.05) is 47.9 Å². The molecule has 5 rings (SSSR count). The van der Waals surface area contributed by atoms with Crippen molar-refractivity contribution in [3.8, 4) is 17.2 Å². The Labute approximate surface area is 201 Å². The highest BCUT2D eigenvalue weighted by molar-refractivity contribution is 6.16. The molecule has 8 heteroatoms. The molecule has 1 aliphatic rings. The number of ketones is 1. The number of hydrogen-bond acceptors (Lipinski definition) is 6. The van der Waals surface area contributed by atoms with E-state index in [1.807, 2.05) is 42.9 Å². The molecule has 1 aliphatic heterocycles. The van der Waals surface area contributed by atoms with Crippen molar-refractivity contribution in [3.63, 3.8) is 0 Å². The molecule has 0 fully saturated rings. The van der Waals surface area contributed by atoms with Gasteiger partial charge in [0.2, 0.25) is 5.78 Å². The molecule has 3 aromatic carbocycles. The number of hydrogen-bond donors (Lipinski definition) is 0. The summed E-state index contributed by atoms with van der Waals surface area (Å²) < 4.78 is 19.2. The number of methoxy groups -OCH3 is 1. The van der Waals surface area contributed by atoms with E-state index in [0.717, 1.165) is 33.3 Å². The minimum atomic E-state index is -0.442. The van der Waals surface area contributed by atoms with E-state index >= 15 is 0 Å². The van der Waals surface area contributed by atoms with E-state index in [2.05, 4.69) is 0 Å². The third kappa shape index (κ3) is 4.10. The smallest absolute Gasteiger partial charge is 0.269 e. The summed E-state index contributed by atoms with van der Waals surface area (Å²) in [7, 11) is 3.56. The van der Waals surface area contributed by atoms with Crippen molar-refractivity contribution >= 4 is 28.4 Å². The van der Waals surface area contributed by atoms with Crippen LogP contribution < -0.4 is 14.2 Å². The van der Waals surface area contributed by atoms with Crippen molar-refractivity contribution in [1.82, 2.24) is 4.57 Å². The molecule has 2 heterocycles. The van der Waals surface area contributed by atoms with Crippen LogP contribution in [0.3, 0.4) is 0 Å². The first kappa shape index (κ1) is 22.2. The third-order valence-electron chi connectivity index (χ3n) is 6.01. The SMILES string of the molecule is COc1ccc2c(c1)c(/C=C1\Oc3cc(OCc4ccc([N+](=O)[O-])cc4)cc(C)c3C1=O)cn2C. The van der Waals surface area contributed by atoms with Gasteiger partial charge in [-0.1, -0.05) is 0 Å². The lowest BCUT2D eigenvalue weighted by Crippen LogP contribution is -2.00. The van der Waals surface area contributed by atoms with Crippen molar-refractivity contribution in [1.29, 1.82) is 0 Å². The predicted molar refractivity (Wildman–Crippen MR) is 131 cm³/mol. The lowest BCUT2D eigenvalue weighted by atomic mass is 10.0. The Morgan fingerprint density at radius 3 is 2.57 bits per heavy atom. The molecule has 8 nitrogen and oxygen atoms in total. The van der Waals surface area contributed by atoms with Crippen LogP contribution in [0.5, 0.6) is 17.2 Å². The number of rotatable bonds is 6. The Kier molecular flexibility index (Phi) is 5.49. The summed E-state index contributed by atoms with van der Waals surface area (Å²) in [5.74, 6) is 1.78. The van der Waals surface area contributed by atoms with Gasteiger partial charge in [-0.25, -0.2) is 0 Å². The summed E-state index contributed by atoms with van der Waals surface area (Å²) in [5.41, 5.74) is 3.94. The molecule has 176 valence electrons. The van der Waals surface area contributed by atoms with Gasteiger partial charge in [0.25, 0.3) is 5.69 Å². The van der Waals surface area contributed by atoms with Crippen LogP contribution in [0.4, 0.5) is 5.69 Å². The second-order valence-corrected chi connectivity index (χ2v) is 8.34. The first-order valence-corrected chi connectivity index (χ1v) is 10.9. The first-order valence-electron chi connectivity index (χ1n) is 10.9. The maximum absolute atomic E-state index is 13.1. The number of Topliss-reactive ketones (excluding diaryl/α,β-unsaturated/α-hetero) is 1.